The van der Waals surface area contributed by atoms with Gasteiger partial charge in [-0.3, -0.25) is 9.11 Å². The van der Waals surface area contributed by atoms with Crippen LogP contribution in [0.3, 0.4) is 0 Å². The van der Waals surface area contributed by atoms with Crippen molar-refractivity contribution in [3.8, 4) is 0 Å². The molecule has 0 heterocycles. The average Bonchev–Trinajstić information content (AvgIpc) is 3.09. The van der Waals surface area contributed by atoms with Crippen LogP contribution in [0.2, 0.25) is 0 Å². The van der Waals surface area contributed by atoms with Crippen LogP contribution in [0.25, 0.3) is 0 Å². The summed E-state index contributed by atoms with van der Waals surface area (Å²) in [5.41, 5.74) is 0. The topological polar surface area (TPSA) is 233 Å². The lowest BCUT2D eigenvalue weighted by molar-refractivity contribution is -0.0109. The molecule has 0 aromatic rings. The summed E-state index contributed by atoms with van der Waals surface area (Å²) >= 11 is 0. The van der Waals surface area contributed by atoms with E-state index >= 15 is 0 Å². The Morgan fingerprint density at radius 1 is 0.569 bits per heavy atom. The molecule has 6 rings (SSSR count). The Labute approximate surface area is 302 Å². The lowest BCUT2D eigenvalue weighted by atomic mass is 9.66. The Morgan fingerprint density at radius 3 is 1.84 bits per heavy atom. The van der Waals surface area contributed by atoms with E-state index in [1.807, 2.05) is 0 Å². The Hall–Kier alpha value is -1.50. The molecule has 6 fully saturated rings. The van der Waals surface area contributed by atoms with Crippen molar-refractivity contribution < 1.29 is 40.9 Å². The SMILES string of the molecule is COC1CC(N=NC2CCC3CC(S(=O)(=O)O)CCC3C2)C(C)CC1N=NC1C(O)C2CCC(N=NC3CCC(O)CC3)CC2CC1S(=O)(=O)O. The first-order chi connectivity index (χ1) is 24.2. The quantitative estimate of drug-likeness (QED) is 0.178. The second-order valence-electron chi connectivity index (χ2n) is 16.6. The number of aliphatic hydroxyl groups excluding tert-OH is 2. The van der Waals surface area contributed by atoms with Gasteiger partial charge >= 0.3 is 0 Å². The van der Waals surface area contributed by atoms with Crippen molar-refractivity contribution in [2.75, 3.05) is 7.11 Å². The van der Waals surface area contributed by atoms with Gasteiger partial charge in [0.15, 0.2) is 0 Å². The second-order valence-corrected chi connectivity index (χ2v) is 19.9. The molecular weight excluding hydrogens is 701 g/mol. The molecule has 0 spiro atoms. The van der Waals surface area contributed by atoms with Crippen molar-refractivity contribution in [3.63, 3.8) is 0 Å². The number of azo groups is 3. The van der Waals surface area contributed by atoms with E-state index in [1.165, 1.54) is 0 Å². The van der Waals surface area contributed by atoms with E-state index in [1.54, 1.807) is 7.11 Å². The predicted octanol–water partition coefficient (Wildman–Crippen LogP) is 5.23. The van der Waals surface area contributed by atoms with Crippen LogP contribution in [0.4, 0.5) is 0 Å². The summed E-state index contributed by atoms with van der Waals surface area (Å²) < 4.78 is 74.3. The highest BCUT2D eigenvalue weighted by atomic mass is 32.2. The van der Waals surface area contributed by atoms with Gasteiger partial charge in [0.05, 0.1) is 53.8 Å². The Bertz CT molecular complexity index is 1490. The molecule has 6 saturated carbocycles. The van der Waals surface area contributed by atoms with Crippen molar-refractivity contribution in [1.82, 2.24) is 0 Å². The third-order valence-corrected chi connectivity index (χ3v) is 15.8. The smallest absolute Gasteiger partial charge is 0.270 e. The minimum Gasteiger partial charge on any atom is -0.393 e. The first-order valence-corrected chi connectivity index (χ1v) is 22.2. The summed E-state index contributed by atoms with van der Waals surface area (Å²) in [6, 6.07) is -1.42. The molecule has 0 saturated heterocycles. The largest absolute Gasteiger partial charge is 0.393 e. The van der Waals surface area contributed by atoms with Gasteiger partial charge in [0.1, 0.15) is 11.3 Å². The molecule has 6 aliphatic rings. The van der Waals surface area contributed by atoms with Crippen molar-refractivity contribution in [1.29, 1.82) is 0 Å². The van der Waals surface area contributed by atoms with Crippen LogP contribution >= 0.6 is 0 Å². The summed E-state index contributed by atoms with van der Waals surface area (Å²) in [4.78, 5) is 0. The Morgan fingerprint density at radius 2 is 1.16 bits per heavy atom. The molecule has 290 valence electrons. The number of rotatable bonds is 9. The molecule has 14 atom stereocenters. The van der Waals surface area contributed by atoms with Gasteiger partial charge in [-0.2, -0.15) is 47.5 Å². The number of ether oxygens (including phenoxy) is 1. The number of aliphatic hydroxyl groups is 2. The minimum atomic E-state index is -4.53. The molecule has 4 N–H and O–H groups in total. The number of methoxy groups -OCH3 is 1. The van der Waals surface area contributed by atoms with Gasteiger partial charge in [-0.1, -0.05) is 6.92 Å². The Kier molecular flexibility index (Phi) is 12.7. The summed E-state index contributed by atoms with van der Waals surface area (Å²) in [6.45, 7) is 2.08. The van der Waals surface area contributed by atoms with E-state index in [2.05, 4.69) is 27.4 Å². The zero-order chi connectivity index (χ0) is 36.5. The van der Waals surface area contributed by atoms with Crippen molar-refractivity contribution >= 4 is 20.2 Å². The maximum atomic E-state index is 12.7. The van der Waals surface area contributed by atoms with E-state index in [0.717, 1.165) is 57.8 Å². The molecule has 17 heteroatoms. The van der Waals surface area contributed by atoms with E-state index in [-0.39, 0.29) is 66.6 Å². The molecular formula is C34H58N6O9S2. The monoisotopic (exact) mass is 758 g/mol. The van der Waals surface area contributed by atoms with E-state index in [9.17, 15) is 36.2 Å². The van der Waals surface area contributed by atoms with Crippen molar-refractivity contribution in [3.05, 3.63) is 0 Å². The number of hydrogen-bond donors (Lipinski definition) is 4. The molecule has 51 heavy (non-hydrogen) atoms. The predicted molar refractivity (Wildman–Crippen MR) is 188 cm³/mol. The van der Waals surface area contributed by atoms with Crippen LogP contribution in [-0.4, -0.2) is 108 Å². The molecule has 0 bridgehead atoms. The molecule has 6 aliphatic carbocycles. The highest BCUT2D eigenvalue weighted by Crippen LogP contribution is 2.46. The van der Waals surface area contributed by atoms with Crippen LogP contribution in [0.1, 0.15) is 110 Å². The van der Waals surface area contributed by atoms with Gasteiger partial charge in [-0.15, -0.1) is 0 Å². The summed E-state index contributed by atoms with van der Waals surface area (Å²) in [7, 11) is -6.92. The van der Waals surface area contributed by atoms with Crippen LogP contribution < -0.4 is 0 Å². The molecule has 15 nitrogen and oxygen atoms in total. The fraction of sp³-hybridized carbons (Fsp3) is 1.00. The molecule has 0 radical (unpaired) electrons. The van der Waals surface area contributed by atoms with Crippen LogP contribution in [0, 0.1) is 29.6 Å². The summed E-state index contributed by atoms with van der Waals surface area (Å²) in [6.07, 6.45) is 9.08. The van der Waals surface area contributed by atoms with E-state index in [4.69, 9.17) is 15.0 Å². The highest BCUT2D eigenvalue weighted by molar-refractivity contribution is 7.86. The number of fused-ring (bicyclic) bond motifs is 2. The van der Waals surface area contributed by atoms with Gasteiger partial charge in [0.2, 0.25) is 0 Å². The number of nitrogens with zero attached hydrogens (tertiary/aromatic N) is 6. The maximum absolute atomic E-state index is 12.7. The summed E-state index contributed by atoms with van der Waals surface area (Å²) in [5, 5.41) is 47.1. The summed E-state index contributed by atoms with van der Waals surface area (Å²) in [5.74, 6) is 0.467. The van der Waals surface area contributed by atoms with Crippen LogP contribution in [0.15, 0.2) is 30.7 Å². The van der Waals surface area contributed by atoms with Crippen LogP contribution in [0.5, 0.6) is 0 Å². The minimum absolute atomic E-state index is 0.0649. The lowest BCUT2D eigenvalue weighted by Crippen LogP contribution is -2.54. The Balaban J connectivity index is 1.04. The molecule has 0 aromatic heterocycles. The zero-order valence-electron chi connectivity index (χ0n) is 29.9. The first kappa shape index (κ1) is 39.2. The zero-order valence-corrected chi connectivity index (χ0v) is 31.5. The molecule has 14 unspecified atom stereocenters. The normalized spacial score (nSPS) is 45.9. The van der Waals surface area contributed by atoms with Crippen molar-refractivity contribution in [2.24, 2.45) is 60.3 Å². The average molecular weight is 759 g/mol. The first-order valence-electron chi connectivity index (χ1n) is 19.2. The molecule has 0 aromatic carbocycles. The van der Waals surface area contributed by atoms with Gasteiger partial charge < -0.3 is 14.9 Å². The third-order valence-electron chi connectivity index (χ3n) is 13.3. The lowest BCUT2D eigenvalue weighted by Gasteiger charge is -2.45. The van der Waals surface area contributed by atoms with Crippen molar-refractivity contribution in [2.45, 2.75) is 175 Å². The third kappa shape index (κ3) is 9.60. The fourth-order valence-corrected chi connectivity index (χ4v) is 12.2. The highest BCUT2D eigenvalue weighted by Gasteiger charge is 2.51. The van der Waals surface area contributed by atoms with Gasteiger partial charge in [0, 0.05) is 13.5 Å². The standard InChI is InChI=1S/C34H58N6O9S2/c1-19-13-30(31(49-2)18-29(19)38-37-24-5-3-21-16-27(50(43,44)45)11-4-20(21)14-24)39-40-33-32(51(46,47)48)17-22-15-25(8-12-28(22)34(33)42)36-35-23-6-9-26(41)10-7-23/h19-34,41-42H,3-18H2,1-2H3,(H,43,44,45)(H,46,47,48). The molecule has 0 aliphatic heterocycles. The second kappa shape index (κ2) is 16.5. The van der Waals surface area contributed by atoms with Gasteiger partial charge in [-0.25, -0.2) is 0 Å². The van der Waals surface area contributed by atoms with E-state index < -0.39 is 42.9 Å². The van der Waals surface area contributed by atoms with E-state index in [0.29, 0.717) is 50.4 Å². The fourth-order valence-electron chi connectivity index (χ4n) is 10.2. The number of hydrogen-bond acceptors (Lipinski definition) is 13. The molecule has 0 amide bonds. The van der Waals surface area contributed by atoms with Gasteiger partial charge in [-0.05, 0) is 126 Å². The van der Waals surface area contributed by atoms with Gasteiger partial charge in [0.25, 0.3) is 20.2 Å². The van der Waals surface area contributed by atoms with Crippen LogP contribution in [-0.2, 0) is 25.0 Å². The maximum Gasteiger partial charge on any atom is 0.270 e.